The molecule has 8 heteroatoms. The Bertz CT molecular complexity index is 789. The number of hydrogen-bond acceptors (Lipinski definition) is 2. The summed E-state index contributed by atoms with van der Waals surface area (Å²) in [6.45, 7) is 5.83. The van der Waals surface area contributed by atoms with Crippen molar-refractivity contribution in [2.24, 2.45) is 0 Å². The molecule has 0 spiro atoms. The van der Waals surface area contributed by atoms with E-state index in [0.29, 0.717) is 20.3 Å². The van der Waals surface area contributed by atoms with Gasteiger partial charge in [0, 0.05) is 13.1 Å². The molecule has 0 aliphatic carbocycles. The van der Waals surface area contributed by atoms with Gasteiger partial charge in [0.1, 0.15) is 0 Å². The summed E-state index contributed by atoms with van der Waals surface area (Å²) < 4.78 is 0. The van der Waals surface area contributed by atoms with E-state index in [-0.39, 0.29) is 0 Å². The van der Waals surface area contributed by atoms with Gasteiger partial charge >= 0.3 is 0 Å². The molecule has 0 unspecified atom stereocenters. The van der Waals surface area contributed by atoms with Gasteiger partial charge in [-0.05, 0) is 79.1 Å². The van der Waals surface area contributed by atoms with Crippen LogP contribution in [-0.4, -0.2) is 23.3 Å². The van der Waals surface area contributed by atoms with Crippen molar-refractivity contribution in [3.05, 3.63) is 57.6 Å². The van der Waals surface area contributed by atoms with E-state index in [1.54, 1.807) is 0 Å². The minimum Gasteiger partial charge on any atom is -0.362 e. The summed E-state index contributed by atoms with van der Waals surface area (Å²) in [6, 6.07) is 11.8. The predicted octanol–water partition coefficient (Wildman–Crippen LogP) is 5.98. The number of halogens is 2. The first-order valence-corrected chi connectivity index (χ1v) is 11.2. The van der Waals surface area contributed by atoms with Crippen molar-refractivity contribution in [3.63, 3.8) is 0 Å². The molecule has 0 bridgehead atoms. The first-order valence-electron chi connectivity index (χ1n) is 9.59. The Labute approximate surface area is 193 Å². The molecule has 0 heterocycles. The third-order valence-electron chi connectivity index (χ3n) is 4.04. The molecule has 0 aromatic heterocycles. The van der Waals surface area contributed by atoms with Gasteiger partial charge in [-0.15, -0.1) is 0 Å². The molecule has 4 N–H and O–H groups in total. The van der Waals surface area contributed by atoms with Crippen molar-refractivity contribution in [1.29, 1.82) is 0 Å². The highest BCUT2D eigenvalue weighted by molar-refractivity contribution is 7.80. The van der Waals surface area contributed by atoms with Gasteiger partial charge in [-0.2, -0.15) is 0 Å². The lowest BCUT2D eigenvalue weighted by Crippen LogP contribution is -2.29. The molecule has 0 saturated carbocycles. The number of hydrogen-bond donors (Lipinski definition) is 4. The summed E-state index contributed by atoms with van der Waals surface area (Å²) in [7, 11) is 0. The third-order valence-corrected chi connectivity index (χ3v) is 5.16. The number of anilines is 2. The fourth-order valence-electron chi connectivity index (χ4n) is 2.59. The smallest absolute Gasteiger partial charge is 0.170 e. The van der Waals surface area contributed by atoms with Gasteiger partial charge in [-0.3, -0.25) is 0 Å². The monoisotopic (exact) mass is 468 g/mol. The maximum absolute atomic E-state index is 6.42. The van der Waals surface area contributed by atoms with Crippen LogP contribution in [0.1, 0.15) is 37.8 Å². The summed E-state index contributed by atoms with van der Waals surface area (Å²) in [5.74, 6) is 0. The van der Waals surface area contributed by atoms with E-state index in [1.807, 2.05) is 36.4 Å². The molecular formula is C21H26Cl2N4S2. The molecule has 0 aliphatic heterocycles. The molecule has 29 heavy (non-hydrogen) atoms. The van der Waals surface area contributed by atoms with Gasteiger partial charge in [-0.1, -0.05) is 49.2 Å². The lowest BCUT2D eigenvalue weighted by molar-refractivity contribution is 0.846. The molecule has 0 radical (unpaired) electrons. The van der Waals surface area contributed by atoms with Crippen LogP contribution >= 0.6 is 47.6 Å². The Morgan fingerprint density at radius 2 is 1.17 bits per heavy atom. The third kappa shape index (κ3) is 7.97. The Morgan fingerprint density at radius 1 is 0.759 bits per heavy atom. The first kappa shape index (κ1) is 23.7. The Hall–Kier alpha value is -1.60. The zero-order valence-electron chi connectivity index (χ0n) is 16.6. The van der Waals surface area contributed by atoms with E-state index in [0.717, 1.165) is 54.9 Å². The van der Waals surface area contributed by atoms with E-state index in [9.17, 15) is 0 Å². The van der Waals surface area contributed by atoms with Crippen LogP contribution in [0, 0.1) is 0 Å². The van der Waals surface area contributed by atoms with Crippen LogP contribution in [0.15, 0.2) is 36.4 Å². The van der Waals surface area contributed by atoms with Crippen molar-refractivity contribution < 1.29 is 0 Å². The highest BCUT2D eigenvalue weighted by Crippen LogP contribution is 2.27. The summed E-state index contributed by atoms with van der Waals surface area (Å²) in [5.41, 5.74) is 3.75. The Morgan fingerprint density at radius 3 is 1.52 bits per heavy atom. The molecule has 0 atom stereocenters. The average Bonchev–Trinajstić information content (AvgIpc) is 2.69. The zero-order chi connectivity index (χ0) is 21.2. The maximum atomic E-state index is 6.42. The quantitative estimate of drug-likeness (QED) is 0.357. The van der Waals surface area contributed by atoms with Gasteiger partial charge in [0.05, 0.1) is 21.4 Å². The lowest BCUT2D eigenvalue weighted by Gasteiger charge is -2.13. The molecule has 2 aromatic rings. The van der Waals surface area contributed by atoms with Gasteiger partial charge in [0.25, 0.3) is 0 Å². The molecule has 2 rings (SSSR count). The largest absolute Gasteiger partial charge is 0.362 e. The highest BCUT2D eigenvalue weighted by Gasteiger charge is 2.07. The number of rotatable bonds is 8. The fourth-order valence-corrected chi connectivity index (χ4v) is 3.51. The molecule has 2 aromatic carbocycles. The second-order valence-corrected chi connectivity index (χ2v) is 8.20. The average molecular weight is 470 g/mol. The summed E-state index contributed by atoms with van der Waals surface area (Å²) in [5, 5.41) is 14.9. The standard InChI is InChI=1S/C21H26Cl2N4S2/c1-3-9-24-20(28)26-18-7-5-14(12-16(18)22)11-15-6-8-19(17(23)13-15)27-21(29)25-10-4-2/h5-8,12-13H,3-4,9-11H2,1-2H3,(H2,24,26,28)(H2,25,27,29). The molecule has 4 nitrogen and oxygen atoms in total. The van der Waals surface area contributed by atoms with Crippen molar-refractivity contribution >= 4 is 69.2 Å². The second kappa shape index (κ2) is 12.2. The molecular weight excluding hydrogens is 443 g/mol. The molecule has 0 aliphatic rings. The van der Waals surface area contributed by atoms with Crippen molar-refractivity contribution in [2.45, 2.75) is 33.1 Å². The summed E-state index contributed by atoms with van der Waals surface area (Å²) >= 11 is 23.4. The molecule has 0 amide bonds. The Balaban J connectivity index is 2.00. The second-order valence-electron chi connectivity index (χ2n) is 6.57. The van der Waals surface area contributed by atoms with E-state index in [2.05, 4.69) is 35.1 Å². The van der Waals surface area contributed by atoms with Gasteiger partial charge in [0.2, 0.25) is 0 Å². The van der Waals surface area contributed by atoms with Crippen molar-refractivity contribution in [3.8, 4) is 0 Å². The molecule has 0 fully saturated rings. The van der Waals surface area contributed by atoms with E-state index >= 15 is 0 Å². The number of nitrogens with one attached hydrogen (secondary N) is 4. The SMILES string of the molecule is CCCNC(=S)Nc1ccc(Cc2ccc(NC(=S)NCCC)c(Cl)c2)cc1Cl. The van der Waals surface area contributed by atoms with Gasteiger partial charge in [-0.25, -0.2) is 0 Å². The zero-order valence-corrected chi connectivity index (χ0v) is 19.7. The number of benzene rings is 2. The fraction of sp³-hybridized carbons (Fsp3) is 0.333. The van der Waals surface area contributed by atoms with Crippen LogP contribution in [0.3, 0.4) is 0 Å². The van der Waals surface area contributed by atoms with E-state index in [4.69, 9.17) is 47.6 Å². The predicted molar refractivity (Wildman–Crippen MR) is 135 cm³/mol. The lowest BCUT2D eigenvalue weighted by atomic mass is 10.0. The minimum absolute atomic E-state index is 0.572. The number of thiocarbonyl (C=S) groups is 2. The van der Waals surface area contributed by atoms with Gasteiger partial charge < -0.3 is 21.3 Å². The van der Waals surface area contributed by atoms with Crippen LogP contribution in [0.2, 0.25) is 10.0 Å². The first-order chi connectivity index (χ1) is 13.9. The normalized spacial score (nSPS) is 10.3. The van der Waals surface area contributed by atoms with Crippen LogP contribution in [0.5, 0.6) is 0 Å². The maximum Gasteiger partial charge on any atom is 0.170 e. The van der Waals surface area contributed by atoms with E-state index in [1.165, 1.54) is 0 Å². The van der Waals surface area contributed by atoms with Gasteiger partial charge in [0.15, 0.2) is 10.2 Å². The van der Waals surface area contributed by atoms with Crippen LogP contribution < -0.4 is 21.3 Å². The van der Waals surface area contributed by atoms with Crippen LogP contribution in [0.4, 0.5) is 11.4 Å². The summed E-state index contributed by atoms with van der Waals surface area (Å²) in [6.07, 6.45) is 2.73. The van der Waals surface area contributed by atoms with Crippen LogP contribution in [0.25, 0.3) is 0 Å². The minimum atomic E-state index is 0.572. The molecule has 0 saturated heterocycles. The summed E-state index contributed by atoms with van der Waals surface area (Å²) in [4.78, 5) is 0. The topological polar surface area (TPSA) is 48.1 Å². The highest BCUT2D eigenvalue weighted by atomic mass is 35.5. The van der Waals surface area contributed by atoms with E-state index < -0.39 is 0 Å². The van der Waals surface area contributed by atoms with Crippen molar-refractivity contribution in [1.82, 2.24) is 10.6 Å². The van der Waals surface area contributed by atoms with Crippen molar-refractivity contribution in [2.75, 3.05) is 23.7 Å². The Kier molecular flexibility index (Phi) is 9.94. The molecule has 156 valence electrons. The van der Waals surface area contributed by atoms with Crippen LogP contribution in [-0.2, 0) is 6.42 Å².